The molecule has 0 atom stereocenters. The van der Waals surface area contributed by atoms with Crippen molar-refractivity contribution in [3.05, 3.63) is 0 Å². The van der Waals surface area contributed by atoms with E-state index >= 15 is 0 Å². The summed E-state index contributed by atoms with van der Waals surface area (Å²) in [4.78, 5) is 33.2. The first-order chi connectivity index (χ1) is 29.4. The summed E-state index contributed by atoms with van der Waals surface area (Å²) in [5.41, 5.74) is 0. The predicted octanol–water partition coefficient (Wildman–Crippen LogP) is 15.6. The number of unbranched alkanes of at least 4 members (excludes halogenated alkanes) is 27. The Bertz CT molecular complexity index is 792. The average Bonchev–Trinajstić information content (AvgIpc) is 3.24. The van der Waals surface area contributed by atoms with Gasteiger partial charge < -0.3 is 24.2 Å². The lowest BCUT2D eigenvalue weighted by Crippen LogP contribution is -2.33. The maximum absolute atomic E-state index is 13.1. The largest absolute Gasteiger partial charge is 0.465 e. The summed E-state index contributed by atoms with van der Waals surface area (Å²) in [6.07, 6.45) is 43.7. The van der Waals surface area contributed by atoms with Crippen molar-refractivity contribution < 1.29 is 19.1 Å². The first kappa shape index (κ1) is 58.7. The van der Waals surface area contributed by atoms with Gasteiger partial charge in [-0.05, 0) is 104 Å². The van der Waals surface area contributed by atoms with Gasteiger partial charge in [-0.15, -0.1) is 0 Å². The second-order valence-electron chi connectivity index (χ2n) is 18.8. The van der Waals surface area contributed by atoms with E-state index in [0.717, 1.165) is 96.9 Å². The molecule has 0 radical (unpaired) electrons. The molecular formula is C53H107N3O4. The first-order valence-corrected chi connectivity index (χ1v) is 26.8. The number of nitrogens with zero attached hydrogens (tertiary/aromatic N) is 3. The van der Waals surface area contributed by atoms with Crippen LogP contribution in [-0.4, -0.2) is 93.3 Å². The number of ether oxygens (including phenoxy) is 2. The number of hydrogen-bond donors (Lipinski definition) is 0. The smallest absolute Gasteiger partial charge is 0.409 e. The third kappa shape index (κ3) is 40.7. The van der Waals surface area contributed by atoms with E-state index in [4.69, 9.17) is 9.47 Å². The summed E-state index contributed by atoms with van der Waals surface area (Å²) in [6, 6.07) is 0. The van der Waals surface area contributed by atoms with Crippen molar-refractivity contribution >= 4 is 12.1 Å². The molecule has 7 heteroatoms. The van der Waals surface area contributed by atoms with Gasteiger partial charge in [-0.25, -0.2) is 4.79 Å². The Labute approximate surface area is 376 Å². The minimum Gasteiger partial charge on any atom is -0.465 e. The zero-order valence-corrected chi connectivity index (χ0v) is 41.7. The predicted molar refractivity (Wildman–Crippen MR) is 261 cm³/mol. The Balaban J connectivity index is 4.57. The molecule has 0 bridgehead atoms. The quantitative estimate of drug-likeness (QED) is 0.0449. The van der Waals surface area contributed by atoms with E-state index in [0.29, 0.717) is 13.2 Å². The van der Waals surface area contributed by atoms with Crippen LogP contribution in [0, 0.1) is 5.92 Å². The fourth-order valence-corrected chi connectivity index (χ4v) is 8.40. The number of hydrogen-bond acceptors (Lipinski definition) is 6. The van der Waals surface area contributed by atoms with Crippen LogP contribution in [0.1, 0.15) is 259 Å². The van der Waals surface area contributed by atoms with Gasteiger partial charge in [0.2, 0.25) is 0 Å². The lowest BCUT2D eigenvalue weighted by Gasteiger charge is -2.23. The molecule has 0 aliphatic carbocycles. The average molecular weight is 850 g/mol. The molecule has 7 nitrogen and oxygen atoms in total. The summed E-state index contributed by atoms with van der Waals surface area (Å²) in [5, 5.41) is 0. The highest BCUT2D eigenvalue weighted by molar-refractivity contribution is 5.72. The third-order valence-electron chi connectivity index (χ3n) is 12.5. The van der Waals surface area contributed by atoms with Crippen LogP contribution in [0.2, 0.25) is 0 Å². The first-order valence-electron chi connectivity index (χ1n) is 26.8. The van der Waals surface area contributed by atoms with E-state index in [1.165, 1.54) is 173 Å². The van der Waals surface area contributed by atoms with Crippen molar-refractivity contribution in [2.45, 2.75) is 259 Å². The van der Waals surface area contributed by atoms with Crippen molar-refractivity contribution in [2.75, 3.05) is 66.6 Å². The summed E-state index contributed by atoms with van der Waals surface area (Å²) >= 11 is 0. The number of rotatable bonds is 48. The zero-order valence-electron chi connectivity index (χ0n) is 41.7. The molecular weight excluding hydrogens is 743 g/mol. The molecule has 1 amide bonds. The van der Waals surface area contributed by atoms with Crippen molar-refractivity contribution in [2.24, 2.45) is 5.92 Å². The molecule has 0 rings (SSSR count). The molecule has 0 aromatic rings. The van der Waals surface area contributed by atoms with E-state index in [-0.39, 0.29) is 18.0 Å². The van der Waals surface area contributed by atoms with E-state index in [2.05, 4.69) is 51.6 Å². The maximum atomic E-state index is 13.1. The van der Waals surface area contributed by atoms with Gasteiger partial charge in [-0.2, -0.15) is 0 Å². The maximum Gasteiger partial charge on any atom is 0.409 e. The Morgan fingerprint density at radius 1 is 0.367 bits per heavy atom. The normalized spacial score (nSPS) is 11.7. The van der Waals surface area contributed by atoms with E-state index in [1.54, 1.807) is 0 Å². The van der Waals surface area contributed by atoms with Gasteiger partial charge in [0.1, 0.15) is 0 Å². The van der Waals surface area contributed by atoms with Crippen LogP contribution >= 0.6 is 0 Å². The zero-order chi connectivity index (χ0) is 44.0. The van der Waals surface area contributed by atoms with Crippen molar-refractivity contribution in [3.63, 3.8) is 0 Å². The molecule has 358 valence electrons. The van der Waals surface area contributed by atoms with Crippen molar-refractivity contribution in [1.29, 1.82) is 0 Å². The molecule has 0 aromatic heterocycles. The van der Waals surface area contributed by atoms with Gasteiger partial charge in [0.15, 0.2) is 0 Å². The van der Waals surface area contributed by atoms with Gasteiger partial charge in [-0.1, -0.05) is 195 Å². The van der Waals surface area contributed by atoms with Crippen LogP contribution in [0.15, 0.2) is 0 Å². The standard InChI is InChI=1S/C53H107N3O4/c1-7-11-15-19-23-31-41-51(42-32-24-20-16-12-8-2)52(57)59-49-39-29-27-33-44-55(46-38-37-43-54(5)6)45-34-28-30-40-50-60-53(58)56(47-35-25-21-17-13-9-3)48-36-26-22-18-14-10-4/h51H,7-50H2,1-6H3. The summed E-state index contributed by atoms with van der Waals surface area (Å²) in [7, 11) is 4.33. The summed E-state index contributed by atoms with van der Waals surface area (Å²) in [6.45, 7) is 16.5. The Morgan fingerprint density at radius 3 is 1.10 bits per heavy atom. The van der Waals surface area contributed by atoms with Crippen LogP contribution in [0.25, 0.3) is 0 Å². The van der Waals surface area contributed by atoms with Crippen LogP contribution < -0.4 is 0 Å². The Kier molecular flexibility index (Phi) is 46.1. The molecule has 0 heterocycles. The van der Waals surface area contributed by atoms with Crippen LogP contribution in [0.5, 0.6) is 0 Å². The molecule has 0 spiro atoms. The van der Waals surface area contributed by atoms with Gasteiger partial charge in [-0.3, -0.25) is 4.79 Å². The van der Waals surface area contributed by atoms with E-state index < -0.39 is 0 Å². The number of amides is 1. The molecule has 0 saturated carbocycles. The minimum absolute atomic E-state index is 0.0770. The van der Waals surface area contributed by atoms with Crippen molar-refractivity contribution in [1.82, 2.24) is 14.7 Å². The van der Waals surface area contributed by atoms with E-state index in [1.807, 2.05) is 4.90 Å². The number of carbonyl (C=O) groups excluding carboxylic acids is 2. The summed E-state index contributed by atoms with van der Waals surface area (Å²) < 4.78 is 11.7. The van der Waals surface area contributed by atoms with E-state index in [9.17, 15) is 9.59 Å². The lowest BCUT2D eigenvalue weighted by atomic mass is 9.94. The topological polar surface area (TPSA) is 62.3 Å². The summed E-state index contributed by atoms with van der Waals surface area (Å²) in [5.74, 6) is 0.177. The highest BCUT2D eigenvalue weighted by Crippen LogP contribution is 2.21. The van der Waals surface area contributed by atoms with Gasteiger partial charge in [0.25, 0.3) is 0 Å². The Hall–Kier alpha value is -1.34. The van der Waals surface area contributed by atoms with Gasteiger partial charge in [0, 0.05) is 13.1 Å². The molecule has 0 fully saturated rings. The molecule has 0 unspecified atom stereocenters. The molecule has 0 aromatic carbocycles. The van der Waals surface area contributed by atoms with Crippen molar-refractivity contribution in [3.8, 4) is 0 Å². The fourth-order valence-electron chi connectivity index (χ4n) is 8.40. The molecule has 0 N–H and O–H groups in total. The van der Waals surface area contributed by atoms with Gasteiger partial charge in [0.05, 0.1) is 19.1 Å². The molecule has 0 aliphatic heterocycles. The Morgan fingerprint density at radius 2 is 0.683 bits per heavy atom. The monoisotopic (exact) mass is 850 g/mol. The molecule has 0 saturated heterocycles. The molecule has 0 aliphatic rings. The number of esters is 1. The fraction of sp³-hybridized carbons (Fsp3) is 0.962. The molecule has 60 heavy (non-hydrogen) atoms. The second-order valence-corrected chi connectivity index (χ2v) is 18.8. The minimum atomic E-state index is -0.0876. The third-order valence-corrected chi connectivity index (χ3v) is 12.5. The lowest BCUT2D eigenvalue weighted by molar-refractivity contribution is -0.149. The van der Waals surface area contributed by atoms with Gasteiger partial charge >= 0.3 is 12.1 Å². The van der Waals surface area contributed by atoms with Crippen LogP contribution in [0.4, 0.5) is 4.79 Å². The highest BCUT2D eigenvalue weighted by Gasteiger charge is 2.19. The van der Waals surface area contributed by atoms with Crippen LogP contribution in [-0.2, 0) is 14.3 Å². The highest BCUT2D eigenvalue weighted by atomic mass is 16.6. The SMILES string of the molecule is CCCCCCCCC(CCCCCCCC)C(=O)OCCCCCCN(CCCCCCOC(=O)N(CCCCCCCC)CCCCCCCC)CCCCN(C)C. The van der Waals surface area contributed by atoms with Crippen LogP contribution in [0.3, 0.4) is 0 Å². The second kappa shape index (κ2) is 47.1. The number of carbonyl (C=O) groups is 2.